The van der Waals surface area contributed by atoms with Gasteiger partial charge in [-0.1, -0.05) is 24.3 Å². The molecule has 2 heteroatoms. The molecule has 2 aromatic carbocycles. The highest BCUT2D eigenvalue weighted by Gasteiger charge is 2.33. The molecule has 1 saturated heterocycles. The van der Waals surface area contributed by atoms with Crippen LogP contribution in [0.1, 0.15) is 24.8 Å². The number of hydrogen-bond donors (Lipinski definition) is 1. The zero-order valence-corrected chi connectivity index (χ0v) is 11.8. The van der Waals surface area contributed by atoms with E-state index in [1.807, 2.05) is 12.1 Å². The summed E-state index contributed by atoms with van der Waals surface area (Å²) in [5, 5.41) is 2.51. The lowest BCUT2D eigenvalue weighted by molar-refractivity contribution is 0.264. The Morgan fingerprint density at radius 1 is 1.05 bits per heavy atom. The van der Waals surface area contributed by atoms with Gasteiger partial charge in [-0.25, -0.2) is 0 Å². The predicted molar refractivity (Wildman–Crippen MR) is 85.5 cm³/mol. The minimum Gasteiger partial charge on any atom is -0.399 e. The van der Waals surface area contributed by atoms with Crippen LogP contribution in [-0.4, -0.2) is 24.0 Å². The van der Waals surface area contributed by atoms with E-state index in [9.17, 15) is 0 Å². The molecule has 20 heavy (non-hydrogen) atoms. The first kappa shape index (κ1) is 12.0. The molecule has 102 valence electrons. The first-order valence-corrected chi connectivity index (χ1v) is 7.43. The van der Waals surface area contributed by atoms with Gasteiger partial charge in [0.1, 0.15) is 0 Å². The lowest BCUT2D eigenvalue weighted by Gasteiger charge is -2.30. The minimum atomic E-state index is 0.644. The third-order valence-electron chi connectivity index (χ3n) is 4.98. The van der Waals surface area contributed by atoms with Gasteiger partial charge in [0.15, 0.2) is 0 Å². The van der Waals surface area contributed by atoms with Gasteiger partial charge in [-0.05, 0) is 66.4 Å². The Morgan fingerprint density at radius 2 is 1.85 bits per heavy atom. The van der Waals surface area contributed by atoms with E-state index in [0.29, 0.717) is 6.04 Å². The molecule has 0 amide bonds. The van der Waals surface area contributed by atoms with Gasteiger partial charge in [-0.15, -0.1) is 0 Å². The van der Waals surface area contributed by atoms with Crippen LogP contribution in [0.3, 0.4) is 0 Å². The Morgan fingerprint density at radius 3 is 2.70 bits per heavy atom. The standard InChI is InChI=1S/C18H20N2/c1-20-17-6-7-18(20)11-15(10-17)13-2-3-14-9-16(19)5-4-12(14)8-13/h2-5,8-10,17-18H,6-7,11,19H2,1H3. The van der Waals surface area contributed by atoms with Gasteiger partial charge in [0.05, 0.1) is 0 Å². The van der Waals surface area contributed by atoms with Crippen molar-refractivity contribution < 1.29 is 0 Å². The number of nitrogens with zero attached hydrogens (tertiary/aromatic N) is 1. The molecule has 0 spiro atoms. The number of nitrogens with two attached hydrogens (primary N) is 1. The van der Waals surface area contributed by atoms with E-state index in [1.165, 1.54) is 41.2 Å². The molecular formula is C18H20N2. The number of fused-ring (bicyclic) bond motifs is 3. The molecule has 0 saturated carbocycles. The topological polar surface area (TPSA) is 29.3 Å². The Balaban J connectivity index is 1.76. The van der Waals surface area contributed by atoms with Crippen molar-refractivity contribution >= 4 is 22.0 Å². The average Bonchev–Trinajstić information content (AvgIpc) is 2.68. The molecule has 2 heterocycles. The van der Waals surface area contributed by atoms with Crippen LogP contribution in [0.5, 0.6) is 0 Å². The van der Waals surface area contributed by atoms with Crippen molar-refractivity contribution in [1.82, 2.24) is 4.90 Å². The summed E-state index contributed by atoms with van der Waals surface area (Å²) >= 11 is 0. The van der Waals surface area contributed by atoms with Crippen LogP contribution in [0.4, 0.5) is 5.69 Å². The van der Waals surface area contributed by atoms with E-state index in [1.54, 1.807) is 0 Å². The van der Waals surface area contributed by atoms with Crippen molar-refractivity contribution in [2.75, 3.05) is 12.8 Å². The molecule has 2 bridgehead atoms. The number of rotatable bonds is 1. The molecular weight excluding hydrogens is 244 g/mol. The van der Waals surface area contributed by atoms with E-state index < -0.39 is 0 Å². The van der Waals surface area contributed by atoms with E-state index in [0.717, 1.165) is 11.7 Å². The second kappa shape index (κ2) is 4.35. The van der Waals surface area contributed by atoms with Gasteiger partial charge in [0.2, 0.25) is 0 Å². The van der Waals surface area contributed by atoms with Gasteiger partial charge in [0, 0.05) is 17.8 Å². The lowest BCUT2D eigenvalue weighted by Crippen LogP contribution is -2.34. The second-order valence-electron chi connectivity index (χ2n) is 6.18. The van der Waals surface area contributed by atoms with Crippen LogP contribution < -0.4 is 5.73 Å². The molecule has 0 aromatic heterocycles. The second-order valence-corrected chi connectivity index (χ2v) is 6.18. The molecule has 1 fully saturated rings. The molecule has 0 aliphatic carbocycles. The van der Waals surface area contributed by atoms with E-state index in [-0.39, 0.29) is 0 Å². The highest BCUT2D eigenvalue weighted by atomic mass is 15.2. The fourth-order valence-corrected chi connectivity index (χ4v) is 3.72. The SMILES string of the molecule is CN1C2C=C(c3ccc4cc(N)ccc4c3)CC1CC2. The van der Waals surface area contributed by atoms with E-state index >= 15 is 0 Å². The molecule has 2 N–H and O–H groups in total. The van der Waals surface area contributed by atoms with Crippen molar-refractivity contribution in [2.24, 2.45) is 0 Å². The number of benzene rings is 2. The summed E-state index contributed by atoms with van der Waals surface area (Å²) in [6, 6.07) is 14.3. The van der Waals surface area contributed by atoms with Crippen molar-refractivity contribution in [3.8, 4) is 0 Å². The van der Waals surface area contributed by atoms with Crippen molar-refractivity contribution in [3.05, 3.63) is 48.0 Å². The van der Waals surface area contributed by atoms with Gasteiger partial charge in [-0.2, -0.15) is 0 Å². The monoisotopic (exact) mass is 264 g/mol. The quantitative estimate of drug-likeness (QED) is 0.796. The van der Waals surface area contributed by atoms with Crippen LogP contribution in [0, 0.1) is 0 Å². The van der Waals surface area contributed by atoms with Gasteiger partial charge < -0.3 is 5.73 Å². The predicted octanol–water partition coefficient (Wildman–Crippen LogP) is 3.67. The molecule has 4 rings (SSSR count). The van der Waals surface area contributed by atoms with Crippen LogP contribution in [0.2, 0.25) is 0 Å². The summed E-state index contributed by atoms with van der Waals surface area (Å²) in [7, 11) is 2.26. The van der Waals surface area contributed by atoms with Crippen molar-refractivity contribution in [2.45, 2.75) is 31.3 Å². The summed E-state index contributed by atoms with van der Waals surface area (Å²) in [6.07, 6.45) is 6.31. The highest BCUT2D eigenvalue weighted by Crippen LogP contribution is 2.38. The van der Waals surface area contributed by atoms with Crippen LogP contribution in [0.15, 0.2) is 42.5 Å². The Kier molecular flexibility index (Phi) is 2.61. The average molecular weight is 264 g/mol. The fourth-order valence-electron chi connectivity index (χ4n) is 3.72. The summed E-state index contributed by atoms with van der Waals surface area (Å²) < 4.78 is 0. The van der Waals surface area contributed by atoms with E-state index in [2.05, 4.69) is 42.3 Å². The molecule has 2 nitrogen and oxygen atoms in total. The summed E-state index contributed by atoms with van der Waals surface area (Å²) in [5.41, 5.74) is 9.59. The smallest absolute Gasteiger partial charge is 0.0320 e. The Bertz CT molecular complexity index is 702. The molecule has 2 atom stereocenters. The van der Waals surface area contributed by atoms with Crippen LogP contribution >= 0.6 is 0 Å². The summed E-state index contributed by atoms with van der Waals surface area (Å²) in [5.74, 6) is 0. The van der Waals surface area contributed by atoms with Crippen LogP contribution in [-0.2, 0) is 0 Å². The maximum Gasteiger partial charge on any atom is 0.0320 e. The molecule has 0 radical (unpaired) electrons. The van der Waals surface area contributed by atoms with Gasteiger partial charge in [-0.3, -0.25) is 4.90 Å². The minimum absolute atomic E-state index is 0.644. The number of anilines is 1. The summed E-state index contributed by atoms with van der Waals surface area (Å²) in [6.45, 7) is 0. The first-order valence-electron chi connectivity index (χ1n) is 7.43. The lowest BCUT2D eigenvalue weighted by atomic mass is 9.93. The number of nitrogen functional groups attached to an aromatic ring is 1. The maximum absolute atomic E-state index is 5.85. The third kappa shape index (κ3) is 1.83. The molecule has 2 aliphatic heterocycles. The zero-order chi connectivity index (χ0) is 13.7. The maximum atomic E-state index is 5.85. The van der Waals surface area contributed by atoms with Crippen molar-refractivity contribution in [1.29, 1.82) is 0 Å². The molecule has 2 aliphatic rings. The number of likely N-dealkylation sites (N-methyl/N-ethyl adjacent to an activating group) is 1. The fraction of sp³-hybridized carbons (Fsp3) is 0.333. The van der Waals surface area contributed by atoms with Gasteiger partial charge >= 0.3 is 0 Å². The molecule has 2 aromatic rings. The van der Waals surface area contributed by atoms with Crippen LogP contribution in [0.25, 0.3) is 16.3 Å². The van der Waals surface area contributed by atoms with Gasteiger partial charge in [0.25, 0.3) is 0 Å². The Hall–Kier alpha value is -1.80. The van der Waals surface area contributed by atoms with E-state index in [4.69, 9.17) is 5.73 Å². The normalized spacial score (nSPS) is 25.9. The first-order chi connectivity index (χ1) is 9.70. The zero-order valence-electron chi connectivity index (χ0n) is 11.8. The Labute approximate surface area is 119 Å². The largest absolute Gasteiger partial charge is 0.399 e. The molecule has 2 unspecified atom stereocenters. The summed E-state index contributed by atoms with van der Waals surface area (Å²) in [4.78, 5) is 2.53. The number of hydrogen-bond acceptors (Lipinski definition) is 2. The third-order valence-corrected chi connectivity index (χ3v) is 4.98. The van der Waals surface area contributed by atoms with Crippen molar-refractivity contribution in [3.63, 3.8) is 0 Å². The highest BCUT2D eigenvalue weighted by molar-refractivity contribution is 5.88.